The van der Waals surface area contributed by atoms with Crippen LogP contribution in [0.2, 0.25) is 0 Å². The van der Waals surface area contributed by atoms with Crippen LogP contribution in [0.1, 0.15) is 18.9 Å². The van der Waals surface area contributed by atoms with Gasteiger partial charge in [0.2, 0.25) is 0 Å². The third-order valence-corrected chi connectivity index (χ3v) is 5.37. The Kier molecular flexibility index (Phi) is 4.83. The molecule has 0 unspecified atom stereocenters. The van der Waals surface area contributed by atoms with Gasteiger partial charge < -0.3 is 10.3 Å². The van der Waals surface area contributed by atoms with Crippen LogP contribution in [0.15, 0.2) is 30.5 Å². The second kappa shape index (κ2) is 6.41. The Morgan fingerprint density at radius 2 is 2.05 bits per heavy atom. The summed E-state index contributed by atoms with van der Waals surface area (Å²) in [4.78, 5) is 0. The van der Waals surface area contributed by atoms with E-state index in [0.717, 1.165) is 13.0 Å². The van der Waals surface area contributed by atoms with Crippen LogP contribution >= 0.6 is 0 Å². The number of para-hydroxylation sites is 1. The second-order valence-electron chi connectivity index (χ2n) is 4.99. The molecule has 0 bridgehead atoms. The summed E-state index contributed by atoms with van der Waals surface area (Å²) in [5.74, 6) is 0.472. The fourth-order valence-electron chi connectivity index (χ4n) is 2.48. The number of hydrogen-bond donors (Lipinski definition) is 1. The molecule has 2 aromatic rings. The first-order valence-corrected chi connectivity index (χ1v) is 8.87. The smallest absolute Gasteiger partial charge is 0.150 e. The van der Waals surface area contributed by atoms with E-state index in [1.807, 2.05) is 12.3 Å². The van der Waals surface area contributed by atoms with Gasteiger partial charge in [0.05, 0.1) is 11.3 Å². The van der Waals surface area contributed by atoms with Gasteiger partial charge in [0, 0.05) is 18.5 Å². The van der Waals surface area contributed by atoms with Gasteiger partial charge in [-0.1, -0.05) is 25.1 Å². The summed E-state index contributed by atoms with van der Waals surface area (Å²) in [5, 5.41) is 1.19. The largest absolute Gasteiger partial charge is 0.347 e. The molecule has 2 N–H and O–H groups in total. The first-order chi connectivity index (χ1) is 9.57. The Labute approximate surface area is 120 Å². The number of fused-ring (bicyclic) bond motifs is 1. The molecule has 2 rings (SSSR count). The van der Waals surface area contributed by atoms with Crippen molar-refractivity contribution < 1.29 is 8.42 Å². The van der Waals surface area contributed by atoms with Gasteiger partial charge >= 0.3 is 0 Å². The lowest BCUT2D eigenvalue weighted by molar-refractivity contribution is 0.589. The van der Waals surface area contributed by atoms with Gasteiger partial charge in [0.25, 0.3) is 0 Å². The number of hydrogen-bond acceptors (Lipinski definition) is 3. The van der Waals surface area contributed by atoms with E-state index < -0.39 is 9.84 Å². The highest BCUT2D eigenvalue weighted by molar-refractivity contribution is 7.91. The predicted molar refractivity (Wildman–Crippen MR) is 83.6 cm³/mol. The fourth-order valence-corrected chi connectivity index (χ4v) is 3.34. The fraction of sp³-hybridized carbons (Fsp3) is 0.467. The minimum Gasteiger partial charge on any atom is -0.347 e. The van der Waals surface area contributed by atoms with Crippen LogP contribution in [0.25, 0.3) is 10.9 Å². The Hall–Kier alpha value is -1.33. The first-order valence-electron chi connectivity index (χ1n) is 7.04. The zero-order valence-electron chi connectivity index (χ0n) is 11.9. The molecule has 110 valence electrons. The highest BCUT2D eigenvalue weighted by Gasteiger charge is 2.09. The van der Waals surface area contributed by atoms with Gasteiger partial charge in [-0.15, -0.1) is 0 Å². The normalized spacial score (nSPS) is 12.1. The number of aromatic nitrogens is 1. The van der Waals surface area contributed by atoms with Crippen LogP contribution in [0.4, 0.5) is 0 Å². The van der Waals surface area contributed by atoms with Crippen molar-refractivity contribution in [2.75, 3.05) is 18.1 Å². The Bertz CT molecular complexity index is 674. The molecule has 1 heterocycles. The molecular formula is C15H22N2O2S. The van der Waals surface area contributed by atoms with Gasteiger partial charge in [0.1, 0.15) is 9.84 Å². The van der Waals surface area contributed by atoms with Crippen molar-refractivity contribution in [1.29, 1.82) is 0 Å². The third kappa shape index (κ3) is 3.41. The molecule has 0 atom stereocenters. The maximum atomic E-state index is 11.5. The maximum absolute atomic E-state index is 11.5. The Balaban J connectivity index is 2.18. The van der Waals surface area contributed by atoms with Gasteiger partial charge in [-0.2, -0.15) is 0 Å². The SMILES string of the molecule is CCS(=O)(=O)CCCn1ccc2cccc(CCN)c21. The Morgan fingerprint density at radius 3 is 2.75 bits per heavy atom. The van der Waals surface area contributed by atoms with Gasteiger partial charge in [-0.3, -0.25) is 0 Å². The van der Waals surface area contributed by atoms with E-state index in [1.165, 1.54) is 16.5 Å². The number of benzene rings is 1. The zero-order valence-corrected chi connectivity index (χ0v) is 12.7. The van der Waals surface area contributed by atoms with Crippen molar-refractivity contribution in [3.05, 3.63) is 36.0 Å². The summed E-state index contributed by atoms with van der Waals surface area (Å²) in [6.07, 6.45) is 3.52. The molecule has 0 aliphatic rings. The van der Waals surface area contributed by atoms with Crippen molar-refractivity contribution >= 4 is 20.7 Å². The molecule has 1 aromatic carbocycles. The zero-order chi connectivity index (χ0) is 14.6. The molecule has 20 heavy (non-hydrogen) atoms. The second-order valence-corrected chi connectivity index (χ2v) is 7.47. The number of sulfone groups is 1. The topological polar surface area (TPSA) is 65.1 Å². The lowest BCUT2D eigenvalue weighted by Crippen LogP contribution is -2.11. The molecule has 0 fully saturated rings. The van der Waals surface area contributed by atoms with E-state index in [-0.39, 0.29) is 11.5 Å². The summed E-state index contributed by atoms with van der Waals surface area (Å²) in [5.41, 5.74) is 8.07. The van der Waals surface area contributed by atoms with Crippen LogP contribution < -0.4 is 5.73 Å². The number of nitrogens with zero attached hydrogens (tertiary/aromatic N) is 1. The summed E-state index contributed by atoms with van der Waals surface area (Å²) in [6.45, 7) is 3.04. The highest BCUT2D eigenvalue weighted by atomic mass is 32.2. The average molecular weight is 294 g/mol. The highest BCUT2D eigenvalue weighted by Crippen LogP contribution is 2.21. The molecule has 5 heteroatoms. The van der Waals surface area contributed by atoms with Gasteiger partial charge in [0.15, 0.2) is 0 Å². The van der Waals surface area contributed by atoms with Crippen molar-refractivity contribution in [3.8, 4) is 0 Å². The van der Waals surface area contributed by atoms with Crippen LogP contribution in [-0.2, 0) is 22.8 Å². The molecule has 4 nitrogen and oxygen atoms in total. The van der Waals surface area contributed by atoms with Crippen molar-refractivity contribution in [1.82, 2.24) is 4.57 Å². The molecule has 0 aliphatic carbocycles. The van der Waals surface area contributed by atoms with Gasteiger partial charge in [-0.05, 0) is 36.4 Å². The summed E-state index contributed by atoms with van der Waals surface area (Å²) in [6, 6.07) is 8.28. The van der Waals surface area contributed by atoms with Crippen molar-refractivity contribution in [3.63, 3.8) is 0 Å². The standard InChI is InChI=1S/C15H22N2O2S/c1-2-20(18,19)12-4-10-17-11-8-14-6-3-5-13(7-9-16)15(14)17/h3,5-6,8,11H,2,4,7,9-10,12,16H2,1H3. The predicted octanol–water partition coefficient (Wildman–Crippen LogP) is 1.97. The van der Waals surface area contributed by atoms with E-state index in [2.05, 4.69) is 22.8 Å². The molecule has 0 saturated carbocycles. The van der Waals surface area contributed by atoms with Gasteiger partial charge in [-0.25, -0.2) is 8.42 Å². The molecule has 1 aromatic heterocycles. The maximum Gasteiger partial charge on any atom is 0.150 e. The van der Waals surface area contributed by atoms with E-state index >= 15 is 0 Å². The number of aryl methyl sites for hydroxylation is 1. The minimum absolute atomic E-state index is 0.220. The monoisotopic (exact) mass is 294 g/mol. The minimum atomic E-state index is -2.88. The van der Waals surface area contributed by atoms with E-state index in [9.17, 15) is 8.42 Å². The van der Waals surface area contributed by atoms with E-state index in [4.69, 9.17) is 5.73 Å². The average Bonchev–Trinajstić information content (AvgIpc) is 2.83. The molecule has 0 spiro atoms. The lowest BCUT2D eigenvalue weighted by Gasteiger charge is -2.09. The van der Waals surface area contributed by atoms with E-state index in [0.29, 0.717) is 13.0 Å². The summed E-state index contributed by atoms with van der Waals surface area (Å²) in [7, 11) is -2.88. The quantitative estimate of drug-likeness (QED) is 0.849. The van der Waals surface area contributed by atoms with Crippen LogP contribution in [0.3, 0.4) is 0 Å². The van der Waals surface area contributed by atoms with E-state index in [1.54, 1.807) is 6.92 Å². The summed E-state index contributed by atoms with van der Waals surface area (Å²) >= 11 is 0. The van der Waals surface area contributed by atoms with Crippen molar-refractivity contribution in [2.45, 2.75) is 26.3 Å². The first kappa shape index (κ1) is 15.1. The summed E-state index contributed by atoms with van der Waals surface area (Å²) < 4.78 is 25.2. The molecular weight excluding hydrogens is 272 g/mol. The van der Waals surface area contributed by atoms with Crippen LogP contribution in [0.5, 0.6) is 0 Å². The van der Waals surface area contributed by atoms with Crippen LogP contribution in [-0.4, -0.2) is 31.0 Å². The van der Waals surface area contributed by atoms with Crippen molar-refractivity contribution in [2.24, 2.45) is 5.73 Å². The molecule has 0 saturated heterocycles. The molecule has 0 amide bonds. The Morgan fingerprint density at radius 1 is 1.25 bits per heavy atom. The third-order valence-electron chi connectivity index (χ3n) is 3.58. The number of rotatable bonds is 7. The van der Waals surface area contributed by atoms with Crippen LogP contribution in [0, 0.1) is 0 Å². The number of nitrogens with two attached hydrogens (primary N) is 1. The molecule has 0 aliphatic heterocycles. The lowest BCUT2D eigenvalue weighted by atomic mass is 10.1. The molecule has 0 radical (unpaired) electrons.